The molecule has 0 aliphatic heterocycles. The zero-order valence-corrected chi connectivity index (χ0v) is 17.9. The number of halogens is 3. The molecule has 4 aromatic rings. The summed E-state index contributed by atoms with van der Waals surface area (Å²) in [5.74, 6) is 1.88. The first-order valence-electron chi connectivity index (χ1n) is 9.51. The third kappa shape index (κ3) is 5.12. The number of hydrogen-bond donors (Lipinski definition) is 2. The van der Waals surface area contributed by atoms with Gasteiger partial charge in [0, 0.05) is 29.8 Å². The predicted molar refractivity (Wildman–Crippen MR) is 116 cm³/mol. The molecule has 2 aromatic heterocycles. The minimum atomic E-state index is -4.64. The van der Waals surface area contributed by atoms with Crippen molar-refractivity contribution in [1.82, 2.24) is 19.5 Å². The summed E-state index contributed by atoms with van der Waals surface area (Å²) in [6.45, 7) is 1.84. The molecule has 4 rings (SSSR count). The fourth-order valence-corrected chi connectivity index (χ4v) is 4.09. The van der Waals surface area contributed by atoms with Crippen LogP contribution in [0.3, 0.4) is 0 Å². The first kappa shape index (κ1) is 22.3. The third-order valence-corrected chi connectivity index (χ3v) is 5.99. The van der Waals surface area contributed by atoms with Crippen LogP contribution in [-0.2, 0) is 16.2 Å². The fourth-order valence-electron chi connectivity index (χ4n) is 2.99. The number of aryl methyl sites for hydroxylation is 1. The SMILES string of the molecule is Cc1nccn1-c1cc(Nc2ccc(NS(=O)(=O)c3cccc(C(F)(F)F)c3)cc2)ncn1. The Morgan fingerprint density at radius 1 is 0.939 bits per heavy atom. The summed E-state index contributed by atoms with van der Waals surface area (Å²) < 4.78 is 67.8. The van der Waals surface area contributed by atoms with E-state index in [9.17, 15) is 21.6 Å². The molecule has 0 spiro atoms. The van der Waals surface area contributed by atoms with Crippen molar-refractivity contribution in [3.63, 3.8) is 0 Å². The Balaban J connectivity index is 1.49. The molecule has 2 N–H and O–H groups in total. The maximum atomic E-state index is 12.9. The second-order valence-corrected chi connectivity index (χ2v) is 8.62. The van der Waals surface area contributed by atoms with E-state index in [2.05, 4.69) is 25.0 Å². The number of nitrogens with one attached hydrogen (secondary N) is 2. The molecule has 0 saturated carbocycles. The topological polar surface area (TPSA) is 102 Å². The number of nitrogens with zero attached hydrogens (tertiary/aromatic N) is 4. The first-order chi connectivity index (χ1) is 15.6. The highest BCUT2D eigenvalue weighted by Gasteiger charge is 2.31. The van der Waals surface area contributed by atoms with E-state index < -0.39 is 26.7 Å². The number of sulfonamides is 1. The van der Waals surface area contributed by atoms with Crippen molar-refractivity contribution < 1.29 is 21.6 Å². The average molecular weight is 474 g/mol. The van der Waals surface area contributed by atoms with Crippen molar-refractivity contribution in [2.45, 2.75) is 18.0 Å². The van der Waals surface area contributed by atoms with Gasteiger partial charge in [-0.1, -0.05) is 6.07 Å². The molecule has 0 atom stereocenters. The molecule has 2 aromatic carbocycles. The lowest BCUT2D eigenvalue weighted by molar-refractivity contribution is -0.137. The van der Waals surface area contributed by atoms with Gasteiger partial charge in [-0.2, -0.15) is 13.2 Å². The van der Waals surface area contributed by atoms with Crippen molar-refractivity contribution in [1.29, 1.82) is 0 Å². The minimum absolute atomic E-state index is 0.190. The van der Waals surface area contributed by atoms with Gasteiger partial charge in [0.15, 0.2) is 0 Å². The van der Waals surface area contributed by atoms with Crippen LogP contribution in [0, 0.1) is 6.92 Å². The maximum absolute atomic E-state index is 12.9. The van der Waals surface area contributed by atoms with E-state index in [1.165, 1.54) is 18.5 Å². The molecule has 33 heavy (non-hydrogen) atoms. The second-order valence-electron chi connectivity index (χ2n) is 6.94. The van der Waals surface area contributed by atoms with E-state index >= 15 is 0 Å². The summed E-state index contributed by atoms with van der Waals surface area (Å²) in [6.07, 6.45) is 0.182. The van der Waals surface area contributed by atoms with Crippen LogP contribution >= 0.6 is 0 Å². The van der Waals surface area contributed by atoms with Crippen molar-refractivity contribution in [2.24, 2.45) is 0 Å². The number of hydrogen-bond acceptors (Lipinski definition) is 6. The highest BCUT2D eigenvalue weighted by molar-refractivity contribution is 7.92. The number of rotatable bonds is 6. The van der Waals surface area contributed by atoms with Gasteiger partial charge in [-0.05, 0) is 49.4 Å². The Bertz CT molecular complexity index is 1390. The molecule has 0 fully saturated rings. The number of anilines is 3. The van der Waals surface area contributed by atoms with E-state index in [0.29, 0.717) is 23.4 Å². The highest BCUT2D eigenvalue weighted by atomic mass is 32.2. The largest absolute Gasteiger partial charge is 0.416 e. The Morgan fingerprint density at radius 3 is 2.33 bits per heavy atom. The molecule has 12 heteroatoms. The van der Waals surface area contributed by atoms with Crippen LogP contribution in [0.25, 0.3) is 5.82 Å². The molecule has 0 aliphatic rings. The summed E-state index contributed by atoms with van der Waals surface area (Å²) in [5, 5.41) is 3.08. The van der Waals surface area contributed by atoms with Crippen LogP contribution < -0.4 is 10.0 Å². The van der Waals surface area contributed by atoms with Crippen LogP contribution in [-0.4, -0.2) is 27.9 Å². The molecule has 2 heterocycles. The second kappa shape index (κ2) is 8.54. The van der Waals surface area contributed by atoms with Crippen LogP contribution in [0.5, 0.6) is 0 Å². The molecule has 0 saturated heterocycles. The van der Waals surface area contributed by atoms with Crippen molar-refractivity contribution in [3.8, 4) is 5.82 Å². The third-order valence-electron chi connectivity index (χ3n) is 4.61. The lowest BCUT2D eigenvalue weighted by Crippen LogP contribution is -2.14. The predicted octanol–water partition coefficient (Wildman–Crippen LogP) is 4.53. The van der Waals surface area contributed by atoms with Gasteiger partial charge in [0.2, 0.25) is 0 Å². The van der Waals surface area contributed by atoms with Gasteiger partial charge >= 0.3 is 6.18 Å². The monoisotopic (exact) mass is 474 g/mol. The number of imidazole rings is 1. The van der Waals surface area contributed by atoms with Crippen LogP contribution in [0.2, 0.25) is 0 Å². The van der Waals surface area contributed by atoms with Gasteiger partial charge in [0.1, 0.15) is 23.8 Å². The Hall–Kier alpha value is -3.93. The molecular formula is C21H17F3N6O2S. The van der Waals surface area contributed by atoms with Gasteiger partial charge in [-0.3, -0.25) is 9.29 Å². The number of alkyl halides is 3. The van der Waals surface area contributed by atoms with E-state index in [1.807, 2.05) is 6.92 Å². The molecular weight excluding hydrogens is 457 g/mol. The molecule has 0 radical (unpaired) electrons. The highest BCUT2D eigenvalue weighted by Crippen LogP contribution is 2.31. The zero-order valence-electron chi connectivity index (χ0n) is 17.1. The zero-order chi connectivity index (χ0) is 23.6. The summed E-state index contributed by atoms with van der Waals surface area (Å²) >= 11 is 0. The quantitative estimate of drug-likeness (QED) is 0.426. The normalized spacial score (nSPS) is 11.9. The van der Waals surface area contributed by atoms with Crippen LogP contribution in [0.15, 0.2) is 78.2 Å². The number of benzene rings is 2. The molecule has 0 aliphatic carbocycles. The maximum Gasteiger partial charge on any atom is 0.416 e. The van der Waals surface area contributed by atoms with Gasteiger partial charge in [-0.25, -0.2) is 23.4 Å². The molecule has 170 valence electrons. The van der Waals surface area contributed by atoms with Gasteiger partial charge < -0.3 is 5.32 Å². The number of aromatic nitrogens is 4. The lowest BCUT2D eigenvalue weighted by Gasteiger charge is -2.12. The molecule has 0 unspecified atom stereocenters. The Kier molecular flexibility index (Phi) is 5.77. The summed E-state index contributed by atoms with van der Waals surface area (Å²) in [6, 6.07) is 11.4. The summed E-state index contributed by atoms with van der Waals surface area (Å²) in [4.78, 5) is 12.0. The molecule has 0 bridgehead atoms. The van der Waals surface area contributed by atoms with Gasteiger partial charge in [0.05, 0.1) is 10.5 Å². The lowest BCUT2D eigenvalue weighted by atomic mass is 10.2. The smallest absolute Gasteiger partial charge is 0.340 e. The van der Waals surface area contributed by atoms with E-state index in [4.69, 9.17) is 0 Å². The first-order valence-corrected chi connectivity index (χ1v) is 11.0. The van der Waals surface area contributed by atoms with Gasteiger partial charge in [-0.15, -0.1) is 0 Å². The Labute approximate surface area is 187 Å². The van der Waals surface area contributed by atoms with E-state index in [-0.39, 0.29) is 5.69 Å². The summed E-state index contributed by atoms with van der Waals surface area (Å²) in [7, 11) is -4.20. The standard InChI is InChI=1S/C21H17F3N6O2S/c1-14-25-9-10-30(14)20-12-19(26-13-27-20)28-16-5-7-17(8-6-16)29-33(31,32)18-4-2-3-15(11-18)21(22,23)24/h2-13,29H,1H3,(H,26,27,28). The van der Waals surface area contributed by atoms with Crippen molar-refractivity contribution >= 4 is 27.2 Å². The van der Waals surface area contributed by atoms with Crippen LogP contribution in [0.4, 0.5) is 30.4 Å². The molecule has 0 amide bonds. The van der Waals surface area contributed by atoms with E-state index in [1.54, 1.807) is 35.2 Å². The summed E-state index contributed by atoms with van der Waals surface area (Å²) in [5.41, 5.74) is -0.237. The average Bonchev–Trinajstić information content (AvgIpc) is 3.21. The van der Waals surface area contributed by atoms with Crippen LogP contribution in [0.1, 0.15) is 11.4 Å². The Morgan fingerprint density at radius 2 is 1.67 bits per heavy atom. The van der Waals surface area contributed by atoms with Gasteiger partial charge in [0.25, 0.3) is 10.0 Å². The van der Waals surface area contributed by atoms with E-state index in [0.717, 1.165) is 24.0 Å². The minimum Gasteiger partial charge on any atom is -0.340 e. The van der Waals surface area contributed by atoms with Crippen molar-refractivity contribution in [3.05, 3.63) is 84.7 Å². The molecule has 8 nitrogen and oxygen atoms in total. The fraction of sp³-hybridized carbons (Fsp3) is 0.0952. The van der Waals surface area contributed by atoms with Crippen molar-refractivity contribution in [2.75, 3.05) is 10.0 Å².